The number of pyridine rings is 3. The molecule has 0 fully saturated rings. The molecule has 0 bridgehead atoms. The van der Waals surface area contributed by atoms with Crippen LogP contribution in [0.15, 0.2) is 146 Å². The second-order valence-electron chi connectivity index (χ2n) is 11.7. The van der Waals surface area contributed by atoms with E-state index in [1.807, 2.05) is 18.2 Å². The minimum absolute atomic E-state index is 0.913. The number of hydrogen-bond donors (Lipinski definition) is 0. The quantitative estimate of drug-likeness (QED) is 0.197. The van der Waals surface area contributed by atoms with Crippen molar-refractivity contribution >= 4 is 54.3 Å². The smallest absolute Gasteiger partial charge is 0.0972 e. The Morgan fingerprint density at radius 3 is 1.67 bits per heavy atom. The largest absolute Gasteiger partial charge is 0.247 e. The Morgan fingerprint density at radius 2 is 0.933 bits per heavy atom. The van der Waals surface area contributed by atoms with E-state index in [9.17, 15) is 0 Å². The van der Waals surface area contributed by atoms with Crippen LogP contribution in [0.2, 0.25) is 0 Å². The van der Waals surface area contributed by atoms with Crippen LogP contribution in [0.3, 0.4) is 0 Å². The summed E-state index contributed by atoms with van der Waals surface area (Å²) in [6.45, 7) is 2.14. The molecule has 3 heterocycles. The first-order valence-corrected chi connectivity index (χ1v) is 15.3. The van der Waals surface area contributed by atoms with Crippen molar-refractivity contribution in [1.29, 1.82) is 0 Å². The van der Waals surface area contributed by atoms with E-state index in [2.05, 4.69) is 134 Å². The van der Waals surface area contributed by atoms with Gasteiger partial charge in [-0.05, 0) is 35.4 Å². The first-order valence-electron chi connectivity index (χ1n) is 15.3. The second kappa shape index (κ2) is 10.1. The molecule has 0 atom stereocenters. The molecule has 3 heteroatoms. The number of para-hydroxylation sites is 1. The van der Waals surface area contributed by atoms with E-state index in [0.717, 1.165) is 66.5 Å². The van der Waals surface area contributed by atoms with E-state index in [1.165, 1.54) is 27.1 Å². The highest BCUT2D eigenvalue weighted by atomic mass is 14.8. The second-order valence-corrected chi connectivity index (χ2v) is 11.7. The Hall–Kier alpha value is -5.93. The molecule has 9 aromatic rings. The predicted molar refractivity (Wildman–Crippen MR) is 188 cm³/mol. The lowest BCUT2D eigenvalue weighted by atomic mass is 9.94. The van der Waals surface area contributed by atoms with Crippen LogP contribution in [0.5, 0.6) is 0 Å². The Labute approximate surface area is 260 Å². The summed E-state index contributed by atoms with van der Waals surface area (Å²) < 4.78 is 0. The van der Waals surface area contributed by atoms with Crippen molar-refractivity contribution in [2.24, 2.45) is 0 Å². The van der Waals surface area contributed by atoms with Crippen molar-refractivity contribution in [2.45, 2.75) is 6.92 Å². The Morgan fingerprint density at radius 1 is 0.356 bits per heavy atom. The molecule has 0 N–H and O–H groups in total. The molecule has 3 aromatic heterocycles. The third-order valence-corrected chi connectivity index (χ3v) is 8.96. The van der Waals surface area contributed by atoms with Gasteiger partial charge in [-0.2, -0.15) is 0 Å². The zero-order valence-corrected chi connectivity index (χ0v) is 24.7. The first-order chi connectivity index (χ1) is 22.2. The Bertz CT molecular complexity index is 2590. The molecule has 0 spiro atoms. The fourth-order valence-corrected chi connectivity index (χ4v) is 6.66. The summed E-state index contributed by atoms with van der Waals surface area (Å²) in [5.41, 5.74) is 10.2. The third kappa shape index (κ3) is 4.16. The van der Waals surface area contributed by atoms with Crippen LogP contribution in [0, 0.1) is 6.92 Å². The summed E-state index contributed by atoms with van der Waals surface area (Å²) >= 11 is 0. The highest BCUT2D eigenvalue weighted by molar-refractivity contribution is 6.22. The molecule has 210 valence electrons. The average Bonchev–Trinajstić information content (AvgIpc) is 3.11. The molecule has 0 aliphatic rings. The van der Waals surface area contributed by atoms with E-state index >= 15 is 0 Å². The van der Waals surface area contributed by atoms with E-state index in [-0.39, 0.29) is 0 Å². The summed E-state index contributed by atoms with van der Waals surface area (Å²) in [4.78, 5) is 15.5. The zero-order valence-electron chi connectivity index (χ0n) is 24.7. The number of aryl methyl sites for hydroxylation is 1. The molecule has 0 saturated carbocycles. The maximum absolute atomic E-state index is 5.27. The van der Waals surface area contributed by atoms with Crippen molar-refractivity contribution in [2.75, 3.05) is 0 Å². The molecule has 0 aliphatic carbocycles. The van der Waals surface area contributed by atoms with Gasteiger partial charge in [-0.25, -0.2) is 15.0 Å². The van der Waals surface area contributed by atoms with Crippen LogP contribution in [-0.4, -0.2) is 15.0 Å². The molecule has 9 rings (SSSR count). The van der Waals surface area contributed by atoms with Gasteiger partial charge in [-0.1, -0.05) is 133 Å². The van der Waals surface area contributed by atoms with Gasteiger partial charge in [0.05, 0.1) is 33.6 Å². The number of fused-ring (bicyclic) bond motifs is 8. The lowest BCUT2D eigenvalue weighted by Gasteiger charge is -2.14. The molecule has 0 aliphatic heterocycles. The minimum atomic E-state index is 0.913. The van der Waals surface area contributed by atoms with Gasteiger partial charge in [0.15, 0.2) is 0 Å². The van der Waals surface area contributed by atoms with Gasteiger partial charge < -0.3 is 0 Å². The first kappa shape index (κ1) is 25.6. The van der Waals surface area contributed by atoms with Crippen LogP contribution in [0.4, 0.5) is 0 Å². The van der Waals surface area contributed by atoms with Gasteiger partial charge in [-0.15, -0.1) is 0 Å². The molecule has 6 aromatic carbocycles. The summed E-state index contributed by atoms with van der Waals surface area (Å²) in [5, 5.41) is 8.26. The van der Waals surface area contributed by atoms with Crippen LogP contribution >= 0.6 is 0 Å². The summed E-state index contributed by atoms with van der Waals surface area (Å²) in [7, 11) is 0. The predicted octanol–water partition coefficient (Wildman–Crippen LogP) is 10.9. The minimum Gasteiger partial charge on any atom is -0.247 e. The van der Waals surface area contributed by atoms with Crippen LogP contribution in [0.25, 0.3) is 88.0 Å². The number of rotatable bonds is 3. The summed E-state index contributed by atoms with van der Waals surface area (Å²) in [5.74, 6) is 0. The fourth-order valence-electron chi connectivity index (χ4n) is 6.66. The fraction of sp³-hybridized carbons (Fsp3) is 0.0238. The number of nitrogens with zero attached hydrogens (tertiary/aromatic N) is 3. The van der Waals surface area contributed by atoms with Gasteiger partial charge in [0.25, 0.3) is 0 Å². The van der Waals surface area contributed by atoms with E-state index in [1.54, 1.807) is 0 Å². The van der Waals surface area contributed by atoms with Crippen LogP contribution in [-0.2, 0) is 0 Å². The standard InChI is InChI=1S/C42H27N3/c1-26-8-7-13-34-38-33-12-6-5-9-27(33)20-23-35(38)40(45-39(26)34)30-16-14-29(15-17-30)37-25-22-32-19-18-31-21-24-36(28-10-3-2-4-11-28)43-41(31)42(32)44-37/h2-25H,1H3. The highest BCUT2D eigenvalue weighted by Gasteiger charge is 2.15. The van der Waals surface area contributed by atoms with E-state index in [4.69, 9.17) is 15.0 Å². The highest BCUT2D eigenvalue weighted by Crippen LogP contribution is 2.38. The topological polar surface area (TPSA) is 38.7 Å². The van der Waals surface area contributed by atoms with Gasteiger partial charge in [0.2, 0.25) is 0 Å². The monoisotopic (exact) mass is 573 g/mol. The lowest BCUT2D eigenvalue weighted by molar-refractivity contribution is 1.36. The van der Waals surface area contributed by atoms with Gasteiger partial charge in [0, 0.05) is 43.6 Å². The van der Waals surface area contributed by atoms with Crippen molar-refractivity contribution in [3.8, 4) is 33.8 Å². The maximum atomic E-state index is 5.27. The van der Waals surface area contributed by atoms with E-state index < -0.39 is 0 Å². The molecule has 0 amide bonds. The molecular weight excluding hydrogens is 546 g/mol. The number of aromatic nitrogens is 3. The zero-order chi connectivity index (χ0) is 29.9. The van der Waals surface area contributed by atoms with Crippen molar-refractivity contribution < 1.29 is 0 Å². The van der Waals surface area contributed by atoms with Crippen molar-refractivity contribution in [3.63, 3.8) is 0 Å². The SMILES string of the molecule is Cc1cccc2c1nc(-c1ccc(-c3ccc4ccc5ccc(-c6ccccc6)nc5c4n3)cc1)c1ccc3ccccc3c12. The normalized spacial score (nSPS) is 11.7. The molecule has 3 nitrogen and oxygen atoms in total. The van der Waals surface area contributed by atoms with Crippen LogP contribution in [0.1, 0.15) is 5.56 Å². The molecule has 0 saturated heterocycles. The van der Waals surface area contributed by atoms with E-state index in [0.29, 0.717) is 0 Å². The maximum Gasteiger partial charge on any atom is 0.0972 e. The molecule has 0 unspecified atom stereocenters. The van der Waals surface area contributed by atoms with Crippen molar-refractivity contribution in [1.82, 2.24) is 15.0 Å². The lowest BCUT2D eigenvalue weighted by Crippen LogP contribution is -1.93. The molecule has 45 heavy (non-hydrogen) atoms. The average molecular weight is 574 g/mol. The number of hydrogen-bond acceptors (Lipinski definition) is 3. The summed E-state index contributed by atoms with van der Waals surface area (Å²) in [6, 6.07) is 51.2. The molecule has 0 radical (unpaired) electrons. The third-order valence-electron chi connectivity index (χ3n) is 8.96. The number of benzene rings is 6. The Kier molecular flexibility index (Phi) is 5.72. The van der Waals surface area contributed by atoms with Gasteiger partial charge >= 0.3 is 0 Å². The summed E-state index contributed by atoms with van der Waals surface area (Å²) in [6.07, 6.45) is 0. The van der Waals surface area contributed by atoms with Crippen LogP contribution < -0.4 is 0 Å². The molecular formula is C42H27N3. The van der Waals surface area contributed by atoms with Gasteiger partial charge in [0.1, 0.15) is 0 Å². The Balaban J connectivity index is 1.19. The van der Waals surface area contributed by atoms with Gasteiger partial charge in [-0.3, -0.25) is 0 Å². The van der Waals surface area contributed by atoms with Crippen molar-refractivity contribution in [3.05, 3.63) is 151 Å².